The first-order valence-electron chi connectivity index (χ1n) is 12.9. The van der Waals surface area contributed by atoms with Crippen LogP contribution in [0.5, 0.6) is 0 Å². The van der Waals surface area contributed by atoms with Crippen molar-refractivity contribution >= 4 is 48.9 Å². The van der Waals surface area contributed by atoms with Crippen molar-refractivity contribution in [3.05, 3.63) is 102 Å². The quantitative estimate of drug-likeness (QED) is 0.236. The van der Waals surface area contributed by atoms with Crippen LogP contribution < -0.4 is 10.0 Å². The van der Waals surface area contributed by atoms with Gasteiger partial charge in [0.25, 0.3) is 15.9 Å². The van der Waals surface area contributed by atoms with Gasteiger partial charge >= 0.3 is 0 Å². The molecule has 0 atom stereocenters. The van der Waals surface area contributed by atoms with Crippen molar-refractivity contribution in [1.82, 2.24) is 9.47 Å². The van der Waals surface area contributed by atoms with E-state index < -0.39 is 10.0 Å². The molecule has 4 aromatic carbocycles. The van der Waals surface area contributed by atoms with Crippen molar-refractivity contribution in [2.24, 2.45) is 0 Å². The Labute approximate surface area is 229 Å². The minimum atomic E-state index is -3.90. The molecule has 0 aliphatic rings. The van der Waals surface area contributed by atoms with Gasteiger partial charge in [-0.05, 0) is 75.3 Å². The molecule has 1 heterocycles. The highest BCUT2D eigenvalue weighted by atomic mass is 32.2. The molecule has 0 bridgehead atoms. The Morgan fingerprint density at radius 2 is 1.59 bits per heavy atom. The third kappa shape index (κ3) is 5.82. The van der Waals surface area contributed by atoms with Crippen molar-refractivity contribution in [3.63, 3.8) is 0 Å². The summed E-state index contributed by atoms with van der Waals surface area (Å²) in [6.45, 7) is 3.78. The summed E-state index contributed by atoms with van der Waals surface area (Å²) in [6.07, 6.45) is 5.16. The first kappa shape index (κ1) is 26.5. The van der Waals surface area contributed by atoms with Crippen LogP contribution in [0.3, 0.4) is 0 Å². The largest absolute Gasteiger partial charge is 0.353 e. The number of benzene rings is 4. The zero-order chi connectivity index (χ0) is 27.6. The number of carbonyl (C=O) groups excluding carboxylic acids is 1. The summed E-state index contributed by atoms with van der Waals surface area (Å²) in [5.41, 5.74) is 2.48. The van der Waals surface area contributed by atoms with Crippen molar-refractivity contribution in [2.45, 2.75) is 24.8 Å². The fourth-order valence-corrected chi connectivity index (χ4v) is 6.06. The van der Waals surface area contributed by atoms with Gasteiger partial charge in [-0.3, -0.25) is 9.52 Å². The average Bonchev–Trinajstić information content (AvgIpc) is 3.30. The fraction of sp³-hybridized carbons (Fsp3) is 0.194. The van der Waals surface area contributed by atoms with Gasteiger partial charge in [-0.15, -0.1) is 0 Å². The number of amides is 1. The van der Waals surface area contributed by atoms with Crippen molar-refractivity contribution in [1.29, 1.82) is 0 Å². The Hall–Kier alpha value is -4.14. The molecule has 0 spiro atoms. The van der Waals surface area contributed by atoms with E-state index in [0.29, 0.717) is 27.7 Å². The van der Waals surface area contributed by atoms with Crippen LogP contribution in [0.15, 0.2) is 96.2 Å². The predicted octanol–water partition coefficient (Wildman–Crippen LogP) is 6.11. The molecule has 7 nitrogen and oxygen atoms in total. The van der Waals surface area contributed by atoms with Crippen molar-refractivity contribution < 1.29 is 13.2 Å². The number of nitrogens with zero attached hydrogens (tertiary/aromatic N) is 2. The molecule has 39 heavy (non-hydrogen) atoms. The Kier molecular flexibility index (Phi) is 7.41. The Bertz CT molecular complexity index is 1770. The summed E-state index contributed by atoms with van der Waals surface area (Å²) in [4.78, 5) is 15.3. The summed E-state index contributed by atoms with van der Waals surface area (Å²) in [7, 11) is 0.212. The molecular formula is C31H32N4O3S. The molecule has 0 radical (unpaired) electrons. The number of rotatable bonds is 9. The summed E-state index contributed by atoms with van der Waals surface area (Å²) in [6, 6.07) is 23.3. The van der Waals surface area contributed by atoms with Crippen LogP contribution in [-0.2, 0) is 16.6 Å². The summed E-state index contributed by atoms with van der Waals surface area (Å²) in [5, 5.41) is 6.16. The topological polar surface area (TPSA) is 83.4 Å². The number of fused-ring (bicyclic) bond motifs is 2. The summed E-state index contributed by atoms with van der Waals surface area (Å²) < 4.78 is 32.0. The third-order valence-electron chi connectivity index (χ3n) is 6.78. The number of nitrogens with one attached hydrogen (secondary N) is 2. The highest BCUT2D eigenvalue weighted by Crippen LogP contribution is 2.31. The van der Waals surface area contributed by atoms with Gasteiger partial charge < -0.3 is 14.8 Å². The zero-order valence-electron chi connectivity index (χ0n) is 22.3. The van der Waals surface area contributed by atoms with Gasteiger partial charge in [0.2, 0.25) is 0 Å². The number of sulfonamides is 1. The first-order chi connectivity index (χ1) is 18.7. The molecule has 0 unspecified atom stereocenters. The van der Waals surface area contributed by atoms with E-state index in [9.17, 15) is 13.2 Å². The Morgan fingerprint density at radius 1 is 0.872 bits per heavy atom. The molecule has 200 valence electrons. The normalized spacial score (nSPS) is 11.8. The lowest BCUT2D eigenvalue weighted by Gasteiger charge is -2.14. The summed E-state index contributed by atoms with van der Waals surface area (Å²) in [5.74, 6) is -0.242. The van der Waals surface area contributed by atoms with Crippen LogP contribution in [0.4, 0.5) is 11.4 Å². The molecule has 0 fully saturated rings. The monoisotopic (exact) mass is 540 g/mol. The van der Waals surface area contributed by atoms with Crippen LogP contribution >= 0.6 is 0 Å². The minimum Gasteiger partial charge on any atom is -0.353 e. The maximum Gasteiger partial charge on any atom is 0.262 e. The molecular weight excluding hydrogens is 508 g/mol. The molecule has 0 aliphatic heterocycles. The molecule has 0 saturated heterocycles. The number of hydrogen-bond acceptors (Lipinski definition) is 4. The SMILES string of the molecule is Cc1ccccc1C(=O)Nc1ccc(S(=O)(=O)Nc2ccc3cn(CCCN(C)C)cc3c2)c2ccccc12. The van der Waals surface area contributed by atoms with Crippen LogP contribution in [0, 0.1) is 6.92 Å². The highest BCUT2D eigenvalue weighted by molar-refractivity contribution is 7.93. The average molecular weight is 541 g/mol. The van der Waals surface area contributed by atoms with E-state index in [1.807, 2.05) is 55.6 Å². The summed E-state index contributed by atoms with van der Waals surface area (Å²) >= 11 is 0. The Morgan fingerprint density at radius 3 is 2.36 bits per heavy atom. The van der Waals surface area contributed by atoms with Crippen LogP contribution in [-0.4, -0.2) is 44.4 Å². The van der Waals surface area contributed by atoms with Gasteiger partial charge in [0.15, 0.2) is 0 Å². The third-order valence-corrected chi connectivity index (χ3v) is 8.22. The van der Waals surface area contributed by atoms with Gasteiger partial charge in [0.05, 0.1) is 4.90 Å². The zero-order valence-corrected chi connectivity index (χ0v) is 23.1. The predicted molar refractivity (Wildman–Crippen MR) is 159 cm³/mol. The smallest absolute Gasteiger partial charge is 0.262 e. The van der Waals surface area contributed by atoms with E-state index in [1.165, 1.54) is 6.07 Å². The van der Waals surface area contributed by atoms with Gasteiger partial charge in [0.1, 0.15) is 0 Å². The first-order valence-corrected chi connectivity index (χ1v) is 14.4. The van der Waals surface area contributed by atoms with Crippen LogP contribution in [0.2, 0.25) is 0 Å². The van der Waals surface area contributed by atoms with Crippen LogP contribution in [0.1, 0.15) is 22.3 Å². The molecule has 5 rings (SSSR count). The van der Waals surface area contributed by atoms with Gasteiger partial charge in [-0.2, -0.15) is 0 Å². The second-order valence-electron chi connectivity index (χ2n) is 10.0. The molecule has 0 saturated carbocycles. The molecule has 8 heteroatoms. The number of aryl methyl sites for hydroxylation is 2. The molecule has 1 aromatic heterocycles. The molecule has 1 amide bonds. The maximum atomic E-state index is 13.6. The second-order valence-corrected chi connectivity index (χ2v) is 11.7. The highest BCUT2D eigenvalue weighted by Gasteiger charge is 2.20. The van der Waals surface area contributed by atoms with E-state index in [-0.39, 0.29) is 10.8 Å². The van der Waals surface area contributed by atoms with Gasteiger partial charge in [-0.25, -0.2) is 8.42 Å². The van der Waals surface area contributed by atoms with E-state index in [4.69, 9.17) is 0 Å². The number of hydrogen-bond donors (Lipinski definition) is 2. The molecule has 5 aromatic rings. The Balaban J connectivity index is 1.41. The van der Waals surface area contributed by atoms with E-state index in [2.05, 4.69) is 39.8 Å². The fourth-order valence-electron chi connectivity index (χ4n) is 4.80. The second kappa shape index (κ2) is 10.9. The standard InChI is InChI=1S/C31H32N4O3S/c1-22-9-4-5-10-26(22)31(36)32-29-15-16-30(28-12-7-6-11-27(28)29)39(37,38)33-25-14-13-23-20-35(21-24(23)19-25)18-8-17-34(2)3/h4-7,9-16,19-21,33H,8,17-18H2,1-3H3,(H,32,36). The number of aromatic nitrogens is 1. The number of anilines is 2. The maximum absolute atomic E-state index is 13.6. The van der Waals surface area contributed by atoms with E-state index >= 15 is 0 Å². The number of carbonyl (C=O) groups is 1. The molecule has 0 aliphatic carbocycles. The van der Waals surface area contributed by atoms with Gasteiger partial charge in [-0.1, -0.05) is 48.5 Å². The minimum absolute atomic E-state index is 0.147. The lowest BCUT2D eigenvalue weighted by atomic mass is 10.1. The van der Waals surface area contributed by atoms with Crippen molar-refractivity contribution in [3.8, 4) is 0 Å². The van der Waals surface area contributed by atoms with Crippen molar-refractivity contribution in [2.75, 3.05) is 30.7 Å². The molecule has 2 N–H and O–H groups in total. The lowest BCUT2D eigenvalue weighted by Crippen LogP contribution is -2.15. The van der Waals surface area contributed by atoms with E-state index in [0.717, 1.165) is 35.8 Å². The van der Waals surface area contributed by atoms with Crippen LogP contribution in [0.25, 0.3) is 21.5 Å². The van der Waals surface area contributed by atoms with E-state index in [1.54, 1.807) is 30.3 Å². The van der Waals surface area contributed by atoms with Gasteiger partial charge in [0, 0.05) is 52.0 Å². The lowest BCUT2D eigenvalue weighted by molar-refractivity contribution is 0.102.